The van der Waals surface area contributed by atoms with Gasteiger partial charge in [-0.05, 0) is 30.4 Å². The Balaban J connectivity index is 1.70. The zero-order valence-electron chi connectivity index (χ0n) is 12.0. The molecule has 20 heavy (non-hydrogen) atoms. The average Bonchev–Trinajstić information content (AvgIpc) is 2.80. The molecule has 0 saturated heterocycles. The van der Waals surface area contributed by atoms with Crippen molar-refractivity contribution in [3.8, 4) is 0 Å². The number of benzene rings is 1. The van der Waals surface area contributed by atoms with E-state index >= 15 is 0 Å². The summed E-state index contributed by atoms with van der Waals surface area (Å²) in [5.74, 6) is 0. The fourth-order valence-electron chi connectivity index (χ4n) is 2.45. The summed E-state index contributed by atoms with van der Waals surface area (Å²) in [7, 11) is -0.828. The Morgan fingerprint density at radius 1 is 1.35 bits per heavy atom. The zero-order chi connectivity index (χ0) is 14.5. The van der Waals surface area contributed by atoms with E-state index in [0.717, 1.165) is 19.3 Å². The van der Waals surface area contributed by atoms with Gasteiger partial charge in [0.15, 0.2) is 0 Å². The number of hydrogen-bond donors (Lipinski definition) is 2. The van der Waals surface area contributed by atoms with Crippen LogP contribution in [-0.2, 0) is 23.6 Å². The van der Waals surface area contributed by atoms with E-state index in [1.54, 1.807) is 6.26 Å². The SMILES string of the molecule is C[C@H](CCNC(=O)NC1Cc2ccccc2C1)[S@@](C)=O. The Morgan fingerprint density at radius 2 is 1.95 bits per heavy atom. The van der Waals surface area contributed by atoms with E-state index in [-0.39, 0.29) is 17.3 Å². The van der Waals surface area contributed by atoms with Crippen molar-refractivity contribution in [3.63, 3.8) is 0 Å². The van der Waals surface area contributed by atoms with Crippen LogP contribution in [-0.4, -0.2) is 34.3 Å². The molecule has 0 saturated carbocycles. The molecule has 1 aromatic rings. The summed E-state index contributed by atoms with van der Waals surface area (Å²) in [6, 6.07) is 8.36. The summed E-state index contributed by atoms with van der Waals surface area (Å²) in [6.45, 7) is 2.50. The molecule has 2 rings (SSSR count). The molecule has 2 atom stereocenters. The fraction of sp³-hybridized carbons (Fsp3) is 0.533. The summed E-state index contributed by atoms with van der Waals surface area (Å²) < 4.78 is 11.2. The predicted octanol–water partition coefficient (Wildman–Crippen LogP) is 1.61. The highest BCUT2D eigenvalue weighted by Gasteiger charge is 2.22. The van der Waals surface area contributed by atoms with Gasteiger partial charge in [-0.1, -0.05) is 31.2 Å². The van der Waals surface area contributed by atoms with Gasteiger partial charge in [0.25, 0.3) is 0 Å². The topological polar surface area (TPSA) is 58.2 Å². The van der Waals surface area contributed by atoms with E-state index in [9.17, 15) is 9.00 Å². The molecule has 110 valence electrons. The molecule has 0 spiro atoms. The lowest BCUT2D eigenvalue weighted by Gasteiger charge is -2.14. The quantitative estimate of drug-likeness (QED) is 0.867. The standard InChI is InChI=1S/C15H22N2O2S/c1-11(20(2)19)7-8-16-15(18)17-14-9-12-5-3-4-6-13(12)10-14/h3-6,11,14H,7-10H2,1-2H3,(H2,16,17,18)/t11-,20-/m1/s1. The lowest BCUT2D eigenvalue weighted by molar-refractivity contribution is 0.237. The Kier molecular flexibility index (Phi) is 5.17. The molecule has 1 aromatic carbocycles. The number of carbonyl (C=O) groups excluding carboxylic acids is 1. The number of nitrogens with one attached hydrogen (secondary N) is 2. The molecule has 0 bridgehead atoms. The minimum absolute atomic E-state index is 0.117. The van der Waals surface area contributed by atoms with Crippen LogP contribution in [0.2, 0.25) is 0 Å². The maximum absolute atomic E-state index is 11.8. The van der Waals surface area contributed by atoms with Gasteiger partial charge < -0.3 is 10.6 Å². The summed E-state index contributed by atoms with van der Waals surface area (Å²) in [4.78, 5) is 11.8. The first-order chi connectivity index (χ1) is 9.56. The number of carbonyl (C=O) groups is 1. The fourth-order valence-corrected chi connectivity index (χ4v) is 2.90. The van der Waals surface area contributed by atoms with Gasteiger partial charge in [0.2, 0.25) is 0 Å². The smallest absolute Gasteiger partial charge is 0.315 e. The van der Waals surface area contributed by atoms with Gasteiger partial charge in [-0.3, -0.25) is 4.21 Å². The lowest BCUT2D eigenvalue weighted by Crippen LogP contribution is -2.43. The number of hydrogen-bond acceptors (Lipinski definition) is 2. The van der Waals surface area contributed by atoms with Crippen LogP contribution in [0.15, 0.2) is 24.3 Å². The van der Waals surface area contributed by atoms with Gasteiger partial charge in [0.05, 0.1) is 0 Å². The predicted molar refractivity (Wildman–Crippen MR) is 82.3 cm³/mol. The number of fused-ring (bicyclic) bond motifs is 1. The largest absolute Gasteiger partial charge is 0.338 e. The molecule has 5 heteroatoms. The van der Waals surface area contributed by atoms with Crippen LogP contribution in [0.3, 0.4) is 0 Å². The maximum atomic E-state index is 11.8. The van der Waals surface area contributed by atoms with Crippen LogP contribution in [0.4, 0.5) is 4.79 Å². The molecule has 0 aromatic heterocycles. The molecule has 1 aliphatic carbocycles. The number of urea groups is 1. The monoisotopic (exact) mass is 294 g/mol. The van der Waals surface area contributed by atoms with Crippen molar-refractivity contribution < 1.29 is 9.00 Å². The average molecular weight is 294 g/mol. The van der Waals surface area contributed by atoms with E-state index < -0.39 is 10.8 Å². The van der Waals surface area contributed by atoms with E-state index in [2.05, 4.69) is 22.8 Å². The van der Waals surface area contributed by atoms with Crippen LogP contribution >= 0.6 is 0 Å². The van der Waals surface area contributed by atoms with Crippen molar-refractivity contribution in [1.29, 1.82) is 0 Å². The van der Waals surface area contributed by atoms with Gasteiger partial charge in [-0.25, -0.2) is 4.79 Å². The van der Waals surface area contributed by atoms with Crippen molar-refractivity contribution in [2.75, 3.05) is 12.8 Å². The first-order valence-corrected chi connectivity index (χ1v) is 8.61. The van der Waals surface area contributed by atoms with Gasteiger partial charge >= 0.3 is 6.03 Å². The van der Waals surface area contributed by atoms with E-state index in [1.807, 2.05) is 19.1 Å². The van der Waals surface area contributed by atoms with Gasteiger partial charge in [-0.15, -0.1) is 0 Å². The Hall–Kier alpha value is -1.36. The molecular weight excluding hydrogens is 272 g/mol. The van der Waals surface area contributed by atoms with Crippen molar-refractivity contribution in [3.05, 3.63) is 35.4 Å². The lowest BCUT2D eigenvalue weighted by atomic mass is 10.1. The Bertz CT molecular complexity index is 479. The number of amides is 2. The molecular formula is C15H22N2O2S. The van der Waals surface area contributed by atoms with E-state index in [1.165, 1.54) is 11.1 Å². The van der Waals surface area contributed by atoms with Crippen LogP contribution in [0.1, 0.15) is 24.5 Å². The summed E-state index contributed by atoms with van der Waals surface area (Å²) in [5.41, 5.74) is 2.65. The highest BCUT2D eigenvalue weighted by atomic mass is 32.2. The van der Waals surface area contributed by atoms with Crippen molar-refractivity contribution in [2.24, 2.45) is 0 Å². The third-order valence-electron chi connectivity index (χ3n) is 3.79. The molecule has 0 fully saturated rings. The van der Waals surface area contributed by atoms with Crippen LogP contribution in [0.25, 0.3) is 0 Å². The second kappa shape index (κ2) is 6.88. The molecule has 0 radical (unpaired) electrons. The van der Waals surface area contributed by atoms with Gasteiger partial charge in [0, 0.05) is 34.9 Å². The molecule has 1 aliphatic rings. The number of rotatable bonds is 5. The first kappa shape index (κ1) is 15.0. The second-order valence-corrected chi connectivity index (χ2v) is 7.17. The van der Waals surface area contributed by atoms with Crippen molar-refractivity contribution >= 4 is 16.8 Å². The molecule has 4 nitrogen and oxygen atoms in total. The van der Waals surface area contributed by atoms with Crippen molar-refractivity contribution in [2.45, 2.75) is 37.5 Å². The zero-order valence-corrected chi connectivity index (χ0v) is 12.8. The highest BCUT2D eigenvalue weighted by Crippen LogP contribution is 2.21. The minimum Gasteiger partial charge on any atom is -0.338 e. The Labute approximate surface area is 122 Å². The summed E-state index contributed by atoms with van der Waals surface area (Å²) in [5, 5.41) is 5.96. The molecule has 2 N–H and O–H groups in total. The molecule has 0 aliphatic heterocycles. The van der Waals surface area contributed by atoms with E-state index in [4.69, 9.17) is 0 Å². The minimum atomic E-state index is -0.828. The summed E-state index contributed by atoms with van der Waals surface area (Å²) in [6.07, 6.45) is 4.24. The van der Waals surface area contributed by atoms with Crippen LogP contribution < -0.4 is 10.6 Å². The third kappa shape index (κ3) is 4.07. The van der Waals surface area contributed by atoms with Gasteiger partial charge in [-0.2, -0.15) is 0 Å². The third-order valence-corrected chi connectivity index (χ3v) is 5.16. The van der Waals surface area contributed by atoms with Gasteiger partial charge in [0.1, 0.15) is 0 Å². The van der Waals surface area contributed by atoms with Crippen molar-refractivity contribution in [1.82, 2.24) is 10.6 Å². The first-order valence-electron chi connectivity index (χ1n) is 6.99. The van der Waals surface area contributed by atoms with Crippen LogP contribution in [0, 0.1) is 0 Å². The molecule has 0 heterocycles. The summed E-state index contributed by atoms with van der Waals surface area (Å²) >= 11 is 0. The molecule has 2 amide bonds. The van der Waals surface area contributed by atoms with Crippen LogP contribution in [0.5, 0.6) is 0 Å². The second-order valence-electron chi connectivity index (χ2n) is 5.37. The normalized spacial score (nSPS) is 17.3. The van der Waals surface area contributed by atoms with E-state index in [0.29, 0.717) is 6.54 Å². The highest BCUT2D eigenvalue weighted by molar-refractivity contribution is 7.84. The molecule has 0 unspecified atom stereocenters. The Morgan fingerprint density at radius 3 is 2.50 bits per heavy atom. The maximum Gasteiger partial charge on any atom is 0.315 e.